The molecule has 7 heteroatoms. The Labute approximate surface area is 135 Å². The number of carbonyl (C=O) groups is 1. The molecule has 0 aliphatic carbocycles. The van der Waals surface area contributed by atoms with E-state index >= 15 is 0 Å². The Hall–Kier alpha value is -1.63. The SMILES string of the molecule is O=C1NC(=S)N=C1Cc1ccc(Sc2ccc(Cl)cc2)o1. The first-order valence-corrected chi connectivity index (χ1v) is 7.65. The maximum atomic E-state index is 11.5. The molecule has 1 aromatic carbocycles. The van der Waals surface area contributed by atoms with E-state index in [1.165, 1.54) is 11.8 Å². The summed E-state index contributed by atoms with van der Waals surface area (Å²) in [4.78, 5) is 16.5. The molecule has 3 rings (SSSR count). The van der Waals surface area contributed by atoms with Gasteiger partial charge in [0.2, 0.25) is 0 Å². The van der Waals surface area contributed by atoms with Crippen molar-refractivity contribution in [2.24, 2.45) is 4.99 Å². The quantitative estimate of drug-likeness (QED) is 0.868. The van der Waals surface area contributed by atoms with Crippen LogP contribution >= 0.6 is 35.6 Å². The molecular weight excluding hydrogens is 328 g/mol. The van der Waals surface area contributed by atoms with Crippen molar-refractivity contribution in [1.82, 2.24) is 5.32 Å². The van der Waals surface area contributed by atoms with Crippen LogP contribution in [0.1, 0.15) is 5.76 Å². The molecule has 21 heavy (non-hydrogen) atoms. The van der Waals surface area contributed by atoms with Crippen LogP contribution in [0.15, 0.2) is 55.8 Å². The number of amides is 1. The van der Waals surface area contributed by atoms with Gasteiger partial charge in [-0.25, -0.2) is 4.99 Å². The second-order valence-corrected chi connectivity index (χ2v) is 6.17. The summed E-state index contributed by atoms with van der Waals surface area (Å²) in [6.45, 7) is 0. The molecule has 0 saturated carbocycles. The van der Waals surface area contributed by atoms with Crippen molar-refractivity contribution in [3.05, 3.63) is 47.2 Å². The van der Waals surface area contributed by atoms with Gasteiger partial charge in [0.1, 0.15) is 11.5 Å². The lowest BCUT2D eigenvalue weighted by molar-refractivity contribution is -0.113. The molecule has 1 aromatic heterocycles. The van der Waals surface area contributed by atoms with Gasteiger partial charge in [-0.15, -0.1) is 0 Å². The summed E-state index contributed by atoms with van der Waals surface area (Å²) in [5, 5.41) is 4.11. The highest BCUT2D eigenvalue weighted by atomic mass is 35.5. The Kier molecular flexibility index (Phi) is 4.10. The van der Waals surface area contributed by atoms with E-state index in [0.29, 0.717) is 22.9 Å². The van der Waals surface area contributed by atoms with Crippen molar-refractivity contribution in [3.8, 4) is 0 Å². The van der Waals surface area contributed by atoms with Crippen molar-refractivity contribution in [3.63, 3.8) is 0 Å². The lowest BCUT2D eigenvalue weighted by Gasteiger charge is -1.98. The highest BCUT2D eigenvalue weighted by Gasteiger charge is 2.21. The number of thiocarbonyl (C=S) groups is 1. The third-order valence-corrected chi connectivity index (χ3v) is 4.10. The highest BCUT2D eigenvalue weighted by molar-refractivity contribution is 7.99. The molecule has 0 bridgehead atoms. The molecule has 4 nitrogen and oxygen atoms in total. The molecule has 0 unspecified atom stereocenters. The fourth-order valence-electron chi connectivity index (χ4n) is 1.78. The van der Waals surface area contributed by atoms with Gasteiger partial charge in [-0.3, -0.25) is 10.1 Å². The van der Waals surface area contributed by atoms with Crippen LogP contribution in [0.3, 0.4) is 0 Å². The summed E-state index contributed by atoms with van der Waals surface area (Å²) < 4.78 is 5.69. The van der Waals surface area contributed by atoms with Gasteiger partial charge in [-0.2, -0.15) is 0 Å². The first-order chi connectivity index (χ1) is 10.1. The lowest BCUT2D eigenvalue weighted by atomic mass is 10.2. The van der Waals surface area contributed by atoms with Crippen LogP contribution in [0.2, 0.25) is 5.02 Å². The first kappa shape index (κ1) is 14.3. The molecule has 0 fully saturated rings. The average molecular weight is 337 g/mol. The summed E-state index contributed by atoms with van der Waals surface area (Å²) in [5.74, 6) is 0.411. The molecule has 1 amide bonds. The number of carbonyl (C=O) groups excluding carboxylic acids is 1. The van der Waals surface area contributed by atoms with Gasteiger partial charge in [0.05, 0.1) is 6.42 Å². The largest absolute Gasteiger partial charge is 0.454 e. The number of nitrogens with one attached hydrogen (secondary N) is 1. The molecule has 2 aromatic rings. The van der Waals surface area contributed by atoms with Crippen molar-refractivity contribution in [2.45, 2.75) is 16.4 Å². The van der Waals surface area contributed by atoms with Gasteiger partial charge in [0.25, 0.3) is 5.91 Å². The maximum absolute atomic E-state index is 11.5. The van der Waals surface area contributed by atoms with E-state index < -0.39 is 0 Å². The van der Waals surface area contributed by atoms with E-state index in [1.807, 2.05) is 36.4 Å². The number of benzene rings is 1. The molecule has 2 heterocycles. The molecule has 1 N–H and O–H groups in total. The zero-order chi connectivity index (χ0) is 14.8. The normalized spacial score (nSPS) is 14.2. The van der Waals surface area contributed by atoms with Crippen molar-refractivity contribution in [1.29, 1.82) is 0 Å². The van der Waals surface area contributed by atoms with Crippen LogP contribution in [0.5, 0.6) is 0 Å². The lowest BCUT2D eigenvalue weighted by Crippen LogP contribution is -2.25. The van der Waals surface area contributed by atoms with E-state index in [-0.39, 0.29) is 11.0 Å². The summed E-state index contributed by atoms with van der Waals surface area (Å²) in [7, 11) is 0. The van der Waals surface area contributed by atoms with Crippen LogP contribution in [0.25, 0.3) is 0 Å². The van der Waals surface area contributed by atoms with Gasteiger partial charge < -0.3 is 4.42 Å². The molecular formula is C14H9ClN2O2S2. The van der Waals surface area contributed by atoms with Crippen LogP contribution in [-0.4, -0.2) is 16.7 Å². The number of rotatable bonds is 4. The van der Waals surface area contributed by atoms with Gasteiger partial charge in [-0.1, -0.05) is 23.4 Å². The Morgan fingerprint density at radius 3 is 2.67 bits per heavy atom. The van der Waals surface area contributed by atoms with Crippen molar-refractivity contribution in [2.75, 3.05) is 0 Å². The van der Waals surface area contributed by atoms with E-state index in [1.54, 1.807) is 0 Å². The summed E-state index contributed by atoms with van der Waals surface area (Å²) in [6, 6.07) is 11.2. The van der Waals surface area contributed by atoms with E-state index in [2.05, 4.69) is 10.3 Å². The zero-order valence-electron chi connectivity index (χ0n) is 10.6. The highest BCUT2D eigenvalue weighted by Crippen LogP contribution is 2.30. The number of hydrogen-bond donors (Lipinski definition) is 1. The summed E-state index contributed by atoms with van der Waals surface area (Å²) in [6.07, 6.45) is 0.327. The Balaban J connectivity index is 1.69. The maximum Gasteiger partial charge on any atom is 0.272 e. The second kappa shape index (κ2) is 6.01. The fraction of sp³-hybridized carbons (Fsp3) is 0.0714. The van der Waals surface area contributed by atoms with Crippen LogP contribution < -0.4 is 5.32 Å². The number of hydrogen-bond acceptors (Lipinski definition) is 4. The molecule has 1 aliphatic rings. The van der Waals surface area contributed by atoms with Crippen LogP contribution in [-0.2, 0) is 11.2 Å². The second-order valence-electron chi connectivity index (χ2n) is 4.27. The van der Waals surface area contributed by atoms with Crippen molar-refractivity contribution < 1.29 is 9.21 Å². The van der Waals surface area contributed by atoms with Crippen molar-refractivity contribution >= 4 is 52.3 Å². The molecule has 1 aliphatic heterocycles. The minimum absolute atomic E-state index is 0.206. The number of furan rings is 1. The van der Waals surface area contributed by atoms with Gasteiger partial charge in [0.15, 0.2) is 10.2 Å². The predicted molar refractivity (Wildman–Crippen MR) is 86.2 cm³/mol. The number of aliphatic imine (C=N–C) groups is 1. The van der Waals surface area contributed by atoms with Crippen LogP contribution in [0, 0.1) is 0 Å². The Bertz CT molecular complexity index is 738. The van der Waals surface area contributed by atoms with E-state index in [4.69, 9.17) is 28.2 Å². The number of nitrogens with zero attached hydrogens (tertiary/aromatic N) is 1. The molecule has 0 atom stereocenters. The first-order valence-electron chi connectivity index (χ1n) is 6.05. The standard InChI is InChI=1S/C14H9ClN2O2S2/c15-8-1-4-10(5-2-8)21-12-6-3-9(19-12)7-11-13(18)17-14(20)16-11/h1-6H,7H2,(H,17,18,20). The third kappa shape index (κ3) is 3.53. The van der Waals surface area contributed by atoms with E-state index in [0.717, 1.165) is 9.99 Å². The average Bonchev–Trinajstić information content (AvgIpc) is 3.00. The molecule has 106 valence electrons. The van der Waals surface area contributed by atoms with Crippen LogP contribution in [0.4, 0.5) is 0 Å². The van der Waals surface area contributed by atoms with Gasteiger partial charge >= 0.3 is 0 Å². The van der Waals surface area contributed by atoms with Gasteiger partial charge in [-0.05, 0) is 48.6 Å². The number of halogens is 1. The monoisotopic (exact) mass is 336 g/mol. The molecule has 0 saturated heterocycles. The predicted octanol–water partition coefficient (Wildman–Crippen LogP) is 3.48. The van der Waals surface area contributed by atoms with Gasteiger partial charge in [0, 0.05) is 9.92 Å². The smallest absolute Gasteiger partial charge is 0.272 e. The third-order valence-electron chi connectivity index (χ3n) is 2.73. The van der Waals surface area contributed by atoms with E-state index in [9.17, 15) is 4.79 Å². The minimum Gasteiger partial charge on any atom is -0.454 e. The fourth-order valence-corrected chi connectivity index (χ4v) is 2.90. The summed E-state index contributed by atoms with van der Waals surface area (Å²) in [5.41, 5.74) is 0.373. The Morgan fingerprint density at radius 2 is 2.00 bits per heavy atom. The molecule has 0 radical (unpaired) electrons. The summed E-state index contributed by atoms with van der Waals surface area (Å²) >= 11 is 12.2. The minimum atomic E-state index is -0.261. The molecule has 0 spiro atoms. The topological polar surface area (TPSA) is 54.6 Å². The zero-order valence-corrected chi connectivity index (χ0v) is 13.0. The Morgan fingerprint density at radius 1 is 1.24 bits per heavy atom.